The van der Waals surface area contributed by atoms with Crippen LogP contribution in [-0.2, 0) is 11.3 Å². The summed E-state index contributed by atoms with van der Waals surface area (Å²) in [7, 11) is 0. The number of amides is 1. The zero-order valence-electron chi connectivity index (χ0n) is 15.1. The van der Waals surface area contributed by atoms with Crippen LogP contribution >= 0.6 is 0 Å². The third-order valence-electron chi connectivity index (χ3n) is 3.94. The highest BCUT2D eigenvalue weighted by Crippen LogP contribution is 2.20. The van der Waals surface area contributed by atoms with Crippen LogP contribution in [0.25, 0.3) is 5.69 Å². The van der Waals surface area contributed by atoms with E-state index < -0.39 is 29.4 Å². The normalized spacial score (nSPS) is 10.5. The Bertz CT molecular complexity index is 1120. The van der Waals surface area contributed by atoms with E-state index in [-0.39, 0.29) is 5.69 Å². The number of ether oxygens (including phenoxy) is 1. The molecule has 0 aliphatic rings. The number of hydrogen-bond acceptors (Lipinski definition) is 4. The van der Waals surface area contributed by atoms with E-state index >= 15 is 0 Å². The Hall–Kier alpha value is -3.68. The maximum atomic E-state index is 13.6. The third-order valence-corrected chi connectivity index (χ3v) is 3.94. The van der Waals surface area contributed by atoms with Gasteiger partial charge in [-0.05, 0) is 31.2 Å². The molecule has 0 saturated heterocycles. The second-order valence-corrected chi connectivity index (χ2v) is 5.84. The lowest BCUT2D eigenvalue weighted by molar-refractivity contribution is -0.116. The molecule has 28 heavy (non-hydrogen) atoms. The molecule has 8 heteroatoms. The number of benzene rings is 2. The summed E-state index contributed by atoms with van der Waals surface area (Å²) in [5.74, 6) is -0.758. The van der Waals surface area contributed by atoms with Crippen LogP contribution in [0.1, 0.15) is 6.92 Å². The largest absolute Gasteiger partial charge is 0.492 e. The molecule has 0 aliphatic carbocycles. The first-order valence-corrected chi connectivity index (χ1v) is 8.60. The van der Waals surface area contributed by atoms with Gasteiger partial charge in [-0.25, -0.2) is 4.39 Å². The van der Waals surface area contributed by atoms with Crippen molar-refractivity contribution in [1.29, 1.82) is 0 Å². The molecule has 7 nitrogen and oxygen atoms in total. The van der Waals surface area contributed by atoms with E-state index in [1.807, 2.05) is 6.92 Å². The molecule has 1 amide bonds. The van der Waals surface area contributed by atoms with Crippen LogP contribution in [0.2, 0.25) is 0 Å². The van der Waals surface area contributed by atoms with Crippen molar-refractivity contribution in [1.82, 2.24) is 9.13 Å². The fourth-order valence-corrected chi connectivity index (χ4v) is 2.66. The minimum absolute atomic E-state index is 0.000433. The van der Waals surface area contributed by atoms with Crippen molar-refractivity contribution in [3.05, 3.63) is 87.4 Å². The Morgan fingerprint density at radius 2 is 1.75 bits per heavy atom. The summed E-state index contributed by atoms with van der Waals surface area (Å²) in [6.07, 6.45) is 2.71. The summed E-state index contributed by atoms with van der Waals surface area (Å²) in [4.78, 5) is 37.1. The lowest BCUT2D eigenvalue weighted by Gasteiger charge is -2.13. The number of nitrogens with zero attached hydrogens (tertiary/aromatic N) is 2. The van der Waals surface area contributed by atoms with Crippen molar-refractivity contribution in [2.45, 2.75) is 13.5 Å². The van der Waals surface area contributed by atoms with Gasteiger partial charge >= 0.3 is 11.1 Å². The number of hydrogen-bond donors (Lipinski definition) is 1. The highest BCUT2D eigenvalue weighted by Gasteiger charge is 2.13. The van der Waals surface area contributed by atoms with Crippen LogP contribution in [-0.4, -0.2) is 21.6 Å². The van der Waals surface area contributed by atoms with Crippen LogP contribution in [0.15, 0.2) is 70.5 Å². The summed E-state index contributed by atoms with van der Waals surface area (Å²) >= 11 is 0. The first kappa shape index (κ1) is 19.1. The quantitative estimate of drug-likeness (QED) is 0.662. The van der Waals surface area contributed by atoms with Crippen LogP contribution in [0.3, 0.4) is 0 Å². The minimum Gasteiger partial charge on any atom is -0.492 e. The second-order valence-electron chi connectivity index (χ2n) is 5.84. The average molecular weight is 383 g/mol. The molecule has 144 valence electrons. The molecule has 3 rings (SSSR count). The topological polar surface area (TPSA) is 82.3 Å². The summed E-state index contributed by atoms with van der Waals surface area (Å²) in [5.41, 5.74) is -1.28. The zero-order chi connectivity index (χ0) is 20.1. The van der Waals surface area contributed by atoms with E-state index in [9.17, 15) is 18.8 Å². The molecule has 0 radical (unpaired) electrons. The maximum Gasteiger partial charge on any atom is 0.321 e. The summed E-state index contributed by atoms with van der Waals surface area (Å²) in [5, 5.41) is 2.38. The highest BCUT2D eigenvalue weighted by molar-refractivity contribution is 5.90. The molecular formula is C20H18FN3O4. The smallest absolute Gasteiger partial charge is 0.321 e. The Balaban J connectivity index is 1.87. The van der Waals surface area contributed by atoms with Crippen molar-refractivity contribution in [2.75, 3.05) is 11.9 Å². The van der Waals surface area contributed by atoms with Gasteiger partial charge in [0.1, 0.15) is 18.1 Å². The zero-order valence-corrected chi connectivity index (χ0v) is 15.1. The van der Waals surface area contributed by atoms with E-state index in [0.717, 1.165) is 4.57 Å². The molecule has 3 aromatic rings. The lowest BCUT2D eigenvalue weighted by atomic mass is 10.3. The van der Waals surface area contributed by atoms with Crippen LogP contribution in [0, 0.1) is 5.82 Å². The van der Waals surface area contributed by atoms with Crippen LogP contribution in [0.5, 0.6) is 5.75 Å². The molecule has 1 heterocycles. The number of para-hydroxylation sites is 3. The molecule has 1 N–H and O–H groups in total. The lowest BCUT2D eigenvalue weighted by Crippen LogP contribution is -2.41. The molecule has 0 unspecified atom stereocenters. The van der Waals surface area contributed by atoms with Gasteiger partial charge < -0.3 is 10.1 Å². The second kappa shape index (κ2) is 8.34. The van der Waals surface area contributed by atoms with E-state index in [2.05, 4.69) is 5.32 Å². The van der Waals surface area contributed by atoms with Gasteiger partial charge in [0.15, 0.2) is 0 Å². The van der Waals surface area contributed by atoms with Gasteiger partial charge in [-0.3, -0.25) is 23.5 Å². The third kappa shape index (κ3) is 4.01. The summed E-state index contributed by atoms with van der Waals surface area (Å²) < 4.78 is 21.3. The van der Waals surface area contributed by atoms with Gasteiger partial charge in [-0.2, -0.15) is 0 Å². The van der Waals surface area contributed by atoms with Gasteiger partial charge in [0.05, 0.1) is 18.0 Å². The maximum absolute atomic E-state index is 13.6. The van der Waals surface area contributed by atoms with Gasteiger partial charge in [-0.1, -0.05) is 24.3 Å². The first-order chi connectivity index (χ1) is 13.5. The van der Waals surface area contributed by atoms with E-state index in [0.29, 0.717) is 18.0 Å². The SMILES string of the molecule is CCOc1ccccc1-n1ccn(CC(=O)Nc2ccccc2F)c(=O)c1=O. The molecule has 1 aromatic heterocycles. The number of nitrogens with one attached hydrogen (secondary N) is 1. The Labute approximate surface area is 159 Å². The summed E-state index contributed by atoms with van der Waals surface area (Å²) in [6.45, 7) is 1.79. The highest BCUT2D eigenvalue weighted by atomic mass is 19.1. The fraction of sp³-hybridized carbons (Fsp3) is 0.150. The fourth-order valence-electron chi connectivity index (χ4n) is 2.66. The number of anilines is 1. The van der Waals surface area contributed by atoms with Crippen LogP contribution in [0.4, 0.5) is 10.1 Å². The van der Waals surface area contributed by atoms with Crippen molar-refractivity contribution < 1.29 is 13.9 Å². The number of rotatable bonds is 6. The van der Waals surface area contributed by atoms with E-state index in [1.165, 1.54) is 35.2 Å². The van der Waals surface area contributed by atoms with Gasteiger partial charge in [0, 0.05) is 12.4 Å². The predicted octanol–water partition coefficient (Wildman–Crippen LogP) is 2.18. The van der Waals surface area contributed by atoms with Gasteiger partial charge in [0.25, 0.3) is 0 Å². The minimum atomic E-state index is -0.877. The molecule has 0 aliphatic heterocycles. The average Bonchev–Trinajstić information content (AvgIpc) is 2.68. The van der Waals surface area contributed by atoms with E-state index in [1.54, 1.807) is 30.3 Å². The molecule has 2 aromatic carbocycles. The number of carbonyl (C=O) groups excluding carboxylic acids is 1. The molecule has 0 bridgehead atoms. The van der Waals surface area contributed by atoms with Crippen molar-refractivity contribution in [3.63, 3.8) is 0 Å². The van der Waals surface area contributed by atoms with Crippen molar-refractivity contribution in [3.8, 4) is 11.4 Å². The number of aromatic nitrogens is 2. The molecular weight excluding hydrogens is 365 g/mol. The van der Waals surface area contributed by atoms with Crippen molar-refractivity contribution >= 4 is 11.6 Å². The molecule has 0 saturated carbocycles. The summed E-state index contributed by atoms with van der Waals surface area (Å²) in [6, 6.07) is 12.5. The predicted molar refractivity (Wildman–Crippen MR) is 102 cm³/mol. The van der Waals surface area contributed by atoms with Crippen LogP contribution < -0.4 is 21.2 Å². The Morgan fingerprint density at radius 3 is 2.50 bits per heavy atom. The van der Waals surface area contributed by atoms with Gasteiger partial charge in [0.2, 0.25) is 5.91 Å². The number of carbonyl (C=O) groups is 1. The van der Waals surface area contributed by atoms with Crippen molar-refractivity contribution in [2.24, 2.45) is 0 Å². The first-order valence-electron chi connectivity index (χ1n) is 8.60. The monoisotopic (exact) mass is 383 g/mol. The number of halogens is 1. The Kier molecular flexibility index (Phi) is 5.69. The molecule has 0 fully saturated rings. The van der Waals surface area contributed by atoms with Gasteiger partial charge in [-0.15, -0.1) is 0 Å². The molecule has 0 spiro atoms. The van der Waals surface area contributed by atoms with E-state index in [4.69, 9.17) is 4.74 Å². The Morgan fingerprint density at radius 1 is 1.04 bits per heavy atom. The standard InChI is InChI=1S/C20H18FN3O4/c1-2-28-17-10-6-5-9-16(17)24-12-11-23(19(26)20(24)27)13-18(25)22-15-8-4-3-7-14(15)21/h3-12H,2,13H2,1H3,(H,22,25). The molecule has 0 atom stereocenters.